The van der Waals surface area contributed by atoms with Crippen LogP contribution in [0.5, 0.6) is 5.75 Å². The van der Waals surface area contributed by atoms with Gasteiger partial charge < -0.3 is 4.74 Å². The van der Waals surface area contributed by atoms with Crippen LogP contribution < -0.4 is 9.04 Å². The van der Waals surface area contributed by atoms with Crippen molar-refractivity contribution in [1.82, 2.24) is 0 Å². The van der Waals surface area contributed by atoms with Gasteiger partial charge in [0.1, 0.15) is 17.4 Å². The van der Waals surface area contributed by atoms with Crippen LogP contribution in [0.2, 0.25) is 0 Å². The molecule has 0 aliphatic rings. The maximum Gasteiger partial charge on any atom is 0.264 e. The quantitative estimate of drug-likeness (QED) is 0.620. The Morgan fingerprint density at radius 3 is 2.23 bits per heavy atom. The lowest BCUT2D eigenvalue weighted by Gasteiger charge is -2.24. The van der Waals surface area contributed by atoms with E-state index in [1.54, 1.807) is 36.4 Å². The van der Waals surface area contributed by atoms with Crippen molar-refractivity contribution in [3.8, 4) is 5.75 Å². The highest BCUT2D eigenvalue weighted by Gasteiger charge is 2.27. The molecule has 3 rings (SSSR count). The fourth-order valence-electron chi connectivity index (χ4n) is 2.41. The molecule has 0 fully saturated rings. The van der Waals surface area contributed by atoms with E-state index in [1.807, 2.05) is 5.38 Å². The fraction of sp³-hybridized carbons (Fsp3) is 0.111. The number of sulfonamides is 1. The third-order valence-corrected chi connectivity index (χ3v) is 6.28. The topological polar surface area (TPSA) is 46.6 Å². The minimum Gasteiger partial charge on any atom is -0.497 e. The number of hydrogen-bond donors (Lipinski definition) is 0. The van der Waals surface area contributed by atoms with Gasteiger partial charge in [-0.3, -0.25) is 4.31 Å². The van der Waals surface area contributed by atoms with Crippen LogP contribution in [0.25, 0.3) is 0 Å². The van der Waals surface area contributed by atoms with Crippen molar-refractivity contribution in [3.63, 3.8) is 0 Å². The molecule has 0 spiro atoms. The smallest absolute Gasteiger partial charge is 0.264 e. The van der Waals surface area contributed by atoms with Crippen LogP contribution in [-0.2, 0) is 16.6 Å². The van der Waals surface area contributed by atoms with E-state index in [9.17, 15) is 17.2 Å². The largest absolute Gasteiger partial charge is 0.497 e. The normalized spacial score (nSPS) is 11.3. The molecule has 4 nitrogen and oxygen atoms in total. The Morgan fingerprint density at radius 1 is 1.04 bits per heavy atom. The molecule has 0 amide bonds. The number of anilines is 1. The van der Waals surface area contributed by atoms with Gasteiger partial charge in [-0.25, -0.2) is 17.2 Å². The van der Waals surface area contributed by atoms with E-state index in [2.05, 4.69) is 0 Å². The van der Waals surface area contributed by atoms with Crippen molar-refractivity contribution in [2.24, 2.45) is 0 Å². The number of methoxy groups -OCH3 is 1. The average molecular weight is 395 g/mol. The van der Waals surface area contributed by atoms with E-state index in [-0.39, 0.29) is 6.54 Å². The van der Waals surface area contributed by atoms with E-state index < -0.39 is 26.6 Å². The van der Waals surface area contributed by atoms with Gasteiger partial charge in [-0.05, 0) is 47.8 Å². The van der Waals surface area contributed by atoms with Crippen LogP contribution in [0.4, 0.5) is 14.5 Å². The van der Waals surface area contributed by atoms with Gasteiger partial charge in [-0.2, -0.15) is 0 Å². The molecular weight excluding hydrogens is 380 g/mol. The number of halogens is 2. The summed E-state index contributed by atoms with van der Waals surface area (Å²) in [6.07, 6.45) is 0. The van der Waals surface area contributed by atoms with Crippen molar-refractivity contribution in [1.29, 1.82) is 0 Å². The summed E-state index contributed by atoms with van der Waals surface area (Å²) in [5.74, 6) is -1.33. The molecule has 0 radical (unpaired) electrons. The standard InChI is InChI=1S/C18H15F2NO3S2/c1-24-16-6-4-15(5-7-16)21(12-17-3-2-8-25-17)26(22,23)18-10-13(19)9-14(20)11-18/h2-11H,12H2,1H3. The summed E-state index contributed by atoms with van der Waals surface area (Å²) in [6.45, 7) is 0.0461. The third-order valence-electron chi connectivity index (χ3n) is 3.66. The number of rotatable bonds is 6. The Hall–Kier alpha value is -2.45. The molecule has 0 saturated heterocycles. The van der Waals surface area contributed by atoms with E-state index in [0.717, 1.165) is 21.3 Å². The van der Waals surface area contributed by atoms with Crippen LogP contribution in [0.1, 0.15) is 4.88 Å². The van der Waals surface area contributed by atoms with Crippen LogP contribution >= 0.6 is 11.3 Å². The van der Waals surface area contributed by atoms with Crippen molar-refractivity contribution >= 4 is 27.0 Å². The minimum absolute atomic E-state index is 0.0461. The van der Waals surface area contributed by atoms with Gasteiger partial charge in [-0.1, -0.05) is 6.07 Å². The van der Waals surface area contributed by atoms with E-state index in [4.69, 9.17) is 4.74 Å². The third kappa shape index (κ3) is 3.86. The molecule has 1 heterocycles. The number of thiophene rings is 1. The van der Waals surface area contributed by atoms with Crippen molar-refractivity contribution < 1.29 is 21.9 Å². The summed E-state index contributed by atoms with van der Waals surface area (Å²) in [4.78, 5) is 0.351. The van der Waals surface area contributed by atoms with Crippen molar-refractivity contribution in [3.05, 3.63) is 76.5 Å². The molecule has 0 N–H and O–H groups in total. The van der Waals surface area contributed by atoms with Crippen molar-refractivity contribution in [2.45, 2.75) is 11.4 Å². The second-order valence-electron chi connectivity index (χ2n) is 5.39. The molecule has 136 valence electrons. The lowest BCUT2D eigenvalue weighted by atomic mass is 10.3. The highest BCUT2D eigenvalue weighted by Crippen LogP contribution is 2.29. The van der Waals surface area contributed by atoms with Crippen LogP contribution in [0.15, 0.2) is 64.9 Å². The summed E-state index contributed by atoms with van der Waals surface area (Å²) >= 11 is 1.39. The summed E-state index contributed by atoms with van der Waals surface area (Å²) in [6, 6.07) is 12.3. The minimum atomic E-state index is -4.18. The molecule has 2 aromatic carbocycles. The first-order valence-electron chi connectivity index (χ1n) is 7.55. The van der Waals surface area contributed by atoms with Gasteiger partial charge in [0, 0.05) is 10.9 Å². The predicted octanol–water partition coefficient (Wildman–Crippen LogP) is 4.43. The zero-order valence-electron chi connectivity index (χ0n) is 13.7. The van der Waals surface area contributed by atoms with E-state index >= 15 is 0 Å². The summed E-state index contributed by atoms with van der Waals surface area (Å²) in [5.41, 5.74) is 0.365. The Bertz CT molecular complexity index is 968. The Morgan fingerprint density at radius 2 is 1.69 bits per heavy atom. The Balaban J connectivity index is 2.08. The van der Waals surface area contributed by atoms with E-state index in [0.29, 0.717) is 17.5 Å². The highest BCUT2D eigenvalue weighted by molar-refractivity contribution is 7.92. The molecule has 0 atom stereocenters. The number of ether oxygens (including phenoxy) is 1. The van der Waals surface area contributed by atoms with Crippen LogP contribution in [0.3, 0.4) is 0 Å². The molecule has 0 bridgehead atoms. The van der Waals surface area contributed by atoms with Crippen LogP contribution in [-0.4, -0.2) is 15.5 Å². The molecule has 0 saturated carbocycles. The van der Waals surface area contributed by atoms with Crippen LogP contribution in [0, 0.1) is 11.6 Å². The molecule has 1 aromatic heterocycles. The van der Waals surface area contributed by atoms with Crippen molar-refractivity contribution in [2.75, 3.05) is 11.4 Å². The Kier molecular flexibility index (Phi) is 5.24. The molecule has 8 heteroatoms. The van der Waals surface area contributed by atoms with Gasteiger partial charge in [0.05, 0.1) is 24.2 Å². The first kappa shape index (κ1) is 18.3. The van der Waals surface area contributed by atoms with Gasteiger partial charge in [-0.15, -0.1) is 11.3 Å². The fourth-order valence-corrected chi connectivity index (χ4v) is 4.67. The molecule has 0 unspecified atom stereocenters. The van der Waals surface area contributed by atoms with Gasteiger partial charge in [0.25, 0.3) is 10.0 Å². The summed E-state index contributed by atoms with van der Waals surface area (Å²) in [7, 11) is -2.67. The number of benzene rings is 2. The lowest BCUT2D eigenvalue weighted by molar-refractivity contribution is 0.415. The maximum absolute atomic E-state index is 13.6. The molecule has 0 aliphatic heterocycles. The summed E-state index contributed by atoms with van der Waals surface area (Å²) < 4.78 is 59.5. The zero-order valence-corrected chi connectivity index (χ0v) is 15.4. The highest BCUT2D eigenvalue weighted by atomic mass is 32.2. The van der Waals surface area contributed by atoms with Gasteiger partial charge >= 0.3 is 0 Å². The lowest BCUT2D eigenvalue weighted by Crippen LogP contribution is -2.30. The Labute approximate surface area is 154 Å². The maximum atomic E-state index is 13.6. The van der Waals surface area contributed by atoms with Gasteiger partial charge in [0.15, 0.2) is 0 Å². The first-order valence-corrected chi connectivity index (χ1v) is 9.87. The molecular formula is C18H15F2NO3S2. The predicted molar refractivity (Wildman–Crippen MR) is 97.0 cm³/mol. The zero-order chi connectivity index (χ0) is 18.7. The van der Waals surface area contributed by atoms with E-state index in [1.165, 1.54) is 18.4 Å². The molecule has 3 aromatic rings. The number of nitrogens with zero attached hydrogens (tertiary/aromatic N) is 1. The second-order valence-corrected chi connectivity index (χ2v) is 8.29. The molecule has 26 heavy (non-hydrogen) atoms. The summed E-state index contributed by atoms with van der Waals surface area (Å²) in [5, 5.41) is 1.83. The average Bonchev–Trinajstić information content (AvgIpc) is 3.12. The number of hydrogen-bond acceptors (Lipinski definition) is 4. The monoisotopic (exact) mass is 395 g/mol. The SMILES string of the molecule is COc1ccc(N(Cc2cccs2)S(=O)(=O)c2cc(F)cc(F)c2)cc1. The van der Waals surface area contributed by atoms with Gasteiger partial charge in [0.2, 0.25) is 0 Å². The second kappa shape index (κ2) is 7.43. The molecule has 0 aliphatic carbocycles. The first-order chi connectivity index (χ1) is 12.4.